The number of para-hydroxylation sites is 2. The van der Waals surface area contributed by atoms with E-state index in [-0.39, 0.29) is 0 Å². The lowest BCUT2D eigenvalue weighted by molar-refractivity contribution is -0.119. The molecule has 0 atom stereocenters. The number of aryl methyl sites for hydroxylation is 2. The lowest BCUT2D eigenvalue weighted by Crippen LogP contribution is -2.22. The number of carbonyl (C=O) groups excluding carboxylic acids is 2. The van der Waals surface area contributed by atoms with Crippen LogP contribution in [-0.4, -0.2) is 23.5 Å². The molecule has 0 aliphatic rings. The predicted molar refractivity (Wildman–Crippen MR) is 106 cm³/mol. The Morgan fingerprint density at radius 3 is 2.56 bits per heavy atom. The molecule has 0 radical (unpaired) electrons. The van der Waals surface area contributed by atoms with Gasteiger partial charge in [0.05, 0.1) is 27.5 Å². The number of nitrogens with zero attached hydrogens (tertiary/aromatic N) is 1. The molecule has 1 amide bonds. The summed E-state index contributed by atoms with van der Waals surface area (Å²) in [5, 5.41) is 3.93. The molecule has 0 aliphatic heterocycles. The fourth-order valence-corrected chi connectivity index (χ4v) is 3.10. The number of hydrogen-bond donors (Lipinski definition) is 1. The number of carbonyl (C=O) groups is 2. The molecule has 3 rings (SSSR count). The van der Waals surface area contributed by atoms with Crippen molar-refractivity contribution in [3.8, 4) is 0 Å². The van der Waals surface area contributed by atoms with E-state index in [2.05, 4.69) is 10.3 Å². The summed E-state index contributed by atoms with van der Waals surface area (Å²) in [6.07, 6.45) is 0.585. The highest BCUT2D eigenvalue weighted by atomic mass is 35.5. The van der Waals surface area contributed by atoms with E-state index in [9.17, 15) is 9.59 Å². The van der Waals surface area contributed by atoms with Crippen molar-refractivity contribution in [2.75, 3.05) is 11.9 Å². The molecule has 0 aliphatic carbocycles. The maximum atomic E-state index is 12.6. The molecular weight excluding hydrogens is 364 g/mol. The second kappa shape index (κ2) is 8.18. The van der Waals surface area contributed by atoms with E-state index in [4.69, 9.17) is 16.3 Å². The second-order valence-corrected chi connectivity index (χ2v) is 6.44. The number of nitrogens with one attached hydrogen (secondary N) is 1. The normalized spacial score (nSPS) is 10.6. The van der Waals surface area contributed by atoms with E-state index >= 15 is 0 Å². The maximum Gasteiger partial charge on any atom is 0.340 e. The molecule has 0 spiro atoms. The molecule has 5 nitrogen and oxygen atoms in total. The Bertz CT molecular complexity index is 1020. The number of aromatic nitrogens is 1. The first-order valence-corrected chi connectivity index (χ1v) is 8.98. The van der Waals surface area contributed by atoms with Crippen molar-refractivity contribution in [1.29, 1.82) is 0 Å². The zero-order valence-electron chi connectivity index (χ0n) is 15.1. The number of amides is 1. The summed E-state index contributed by atoms with van der Waals surface area (Å²) < 4.78 is 5.24. The predicted octanol–water partition coefficient (Wildman–Crippen LogP) is 4.55. The molecule has 27 heavy (non-hydrogen) atoms. The quantitative estimate of drug-likeness (QED) is 0.657. The van der Waals surface area contributed by atoms with Crippen LogP contribution in [0.25, 0.3) is 10.9 Å². The van der Waals surface area contributed by atoms with Crippen molar-refractivity contribution in [2.24, 2.45) is 0 Å². The molecule has 0 saturated carbocycles. The summed E-state index contributed by atoms with van der Waals surface area (Å²) in [6, 6.07) is 14.5. The second-order valence-electron chi connectivity index (χ2n) is 6.03. The zero-order valence-corrected chi connectivity index (χ0v) is 15.8. The number of anilines is 1. The van der Waals surface area contributed by atoms with E-state index in [0.29, 0.717) is 28.4 Å². The number of benzene rings is 2. The van der Waals surface area contributed by atoms with Crippen molar-refractivity contribution < 1.29 is 14.3 Å². The highest BCUT2D eigenvalue weighted by molar-refractivity contribution is 6.33. The number of fused-ring (bicyclic) bond motifs is 1. The molecule has 3 aromatic rings. The number of rotatable bonds is 5. The van der Waals surface area contributed by atoms with Crippen molar-refractivity contribution in [3.63, 3.8) is 0 Å². The zero-order chi connectivity index (χ0) is 19.4. The minimum absolute atomic E-state index is 0.403. The van der Waals surface area contributed by atoms with Gasteiger partial charge in [-0.2, -0.15) is 0 Å². The maximum absolute atomic E-state index is 12.6. The van der Waals surface area contributed by atoms with E-state index in [1.807, 2.05) is 38.1 Å². The van der Waals surface area contributed by atoms with Gasteiger partial charge in [-0.1, -0.05) is 48.9 Å². The number of esters is 1. The minimum atomic E-state index is -0.558. The molecule has 0 bridgehead atoms. The smallest absolute Gasteiger partial charge is 0.340 e. The molecular formula is C21H19ClN2O3. The lowest BCUT2D eigenvalue weighted by atomic mass is 10.0. The third kappa shape index (κ3) is 4.09. The van der Waals surface area contributed by atoms with Crippen LogP contribution in [0.1, 0.15) is 28.5 Å². The molecule has 138 valence electrons. The van der Waals surface area contributed by atoms with Gasteiger partial charge in [0.15, 0.2) is 6.61 Å². The van der Waals surface area contributed by atoms with Crippen LogP contribution in [-0.2, 0) is 16.0 Å². The van der Waals surface area contributed by atoms with E-state index < -0.39 is 18.5 Å². The van der Waals surface area contributed by atoms with Gasteiger partial charge in [-0.05, 0) is 37.1 Å². The Hall–Kier alpha value is -2.92. The molecule has 0 saturated heterocycles. The highest BCUT2D eigenvalue weighted by Gasteiger charge is 2.20. The largest absolute Gasteiger partial charge is 0.452 e. The first-order valence-electron chi connectivity index (χ1n) is 8.61. The third-order valence-corrected chi connectivity index (χ3v) is 4.58. The first kappa shape index (κ1) is 18.9. The Morgan fingerprint density at radius 2 is 1.81 bits per heavy atom. The number of ether oxygens (including phenoxy) is 1. The molecule has 1 heterocycles. The van der Waals surface area contributed by atoms with Crippen LogP contribution in [0, 0.1) is 6.92 Å². The van der Waals surface area contributed by atoms with Crippen molar-refractivity contribution in [2.45, 2.75) is 20.3 Å². The van der Waals surface area contributed by atoms with E-state index in [1.165, 1.54) is 0 Å². The molecule has 6 heteroatoms. The highest BCUT2D eigenvalue weighted by Crippen LogP contribution is 2.24. The van der Waals surface area contributed by atoms with E-state index in [0.717, 1.165) is 16.5 Å². The summed E-state index contributed by atoms with van der Waals surface area (Å²) in [5.74, 6) is -1.02. The SMILES string of the molecule is CCc1nc2ccccc2c(C)c1C(=O)OCC(=O)Nc1ccccc1Cl. The summed E-state index contributed by atoms with van der Waals surface area (Å²) in [4.78, 5) is 29.3. The Morgan fingerprint density at radius 1 is 1.11 bits per heavy atom. The Labute approximate surface area is 162 Å². The van der Waals surface area contributed by atoms with Crippen molar-refractivity contribution in [1.82, 2.24) is 4.98 Å². The van der Waals surface area contributed by atoms with Gasteiger partial charge >= 0.3 is 5.97 Å². The van der Waals surface area contributed by atoms with Gasteiger partial charge in [-0.15, -0.1) is 0 Å². The summed E-state index contributed by atoms with van der Waals surface area (Å²) in [7, 11) is 0. The Kier molecular flexibility index (Phi) is 5.72. The fourth-order valence-electron chi connectivity index (χ4n) is 2.92. The van der Waals surface area contributed by atoms with Gasteiger partial charge in [-0.25, -0.2) is 4.79 Å². The van der Waals surface area contributed by atoms with Crippen LogP contribution in [0.5, 0.6) is 0 Å². The van der Waals surface area contributed by atoms with Gasteiger partial charge in [-0.3, -0.25) is 9.78 Å². The van der Waals surface area contributed by atoms with Gasteiger partial charge < -0.3 is 10.1 Å². The van der Waals surface area contributed by atoms with Crippen LogP contribution in [0.3, 0.4) is 0 Å². The molecule has 1 N–H and O–H groups in total. The molecule has 1 aromatic heterocycles. The van der Waals surface area contributed by atoms with Crippen LogP contribution in [0.2, 0.25) is 5.02 Å². The molecule has 0 unspecified atom stereocenters. The van der Waals surface area contributed by atoms with Gasteiger partial charge in [0.1, 0.15) is 0 Å². The standard InChI is InChI=1S/C21H19ClN2O3/c1-3-16-20(13(2)14-8-4-6-10-17(14)23-16)21(26)27-12-19(25)24-18-11-7-5-9-15(18)22/h4-11H,3,12H2,1-2H3,(H,24,25). The van der Waals surface area contributed by atoms with E-state index in [1.54, 1.807) is 24.3 Å². The van der Waals surface area contributed by atoms with Crippen molar-refractivity contribution >= 4 is 40.1 Å². The Balaban J connectivity index is 1.77. The van der Waals surface area contributed by atoms with Crippen molar-refractivity contribution in [3.05, 3.63) is 70.4 Å². The number of pyridine rings is 1. The summed E-state index contributed by atoms with van der Waals surface area (Å²) in [6.45, 7) is 3.39. The monoisotopic (exact) mass is 382 g/mol. The average molecular weight is 383 g/mol. The minimum Gasteiger partial charge on any atom is -0.452 e. The molecule has 2 aromatic carbocycles. The molecule has 0 fully saturated rings. The van der Waals surface area contributed by atoms with Crippen LogP contribution >= 0.6 is 11.6 Å². The average Bonchev–Trinajstić information content (AvgIpc) is 2.67. The summed E-state index contributed by atoms with van der Waals surface area (Å²) in [5.41, 5.74) is 3.18. The van der Waals surface area contributed by atoms with Crippen LogP contribution in [0.4, 0.5) is 5.69 Å². The van der Waals surface area contributed by atoms with Gasteiger partial charge in [0.2, 0.25) is 0 Å². The van der Waals surface area contributed by atoms with Crippen LogP contribution in [0.15, 0.2) is 48.5 Å². The lowest BCUT2D eigenvalue weighted by Gasteiger charge is -2.13. The van der Waals surface area contributed by atoms with Gasteiger partial charge in [0.25, 0.3) is 5.91 Å². The summed E-state index contributed by atoms with van der Waals surface area (Å²) >= 11 is 6.01. The van der Waals surface area contributed by atoms with Gasteiger partial charge in [0, 0.05) is 5.39 Å². The number of hydrogen-bond acceptors (Lipinski definition) is 4. The number of halogens is 1. The third-order valence-electron chi connectivity index (χ3n) is 4.25. The fraction of sp³-hybridized carbons (Fsp3) is 0.190. The van der Waals surface area contributed by atoms with Crippen LogP contribution < -0.4 is 5.32 Å². The topological polar surface area (TPSA) is 68.3 Å². The first-order chi connectivity index (χ1) is 13.0.